The number of hydrogen-bond acceptors (Lipinski definition) is 6. The molecule has 1 aromatic rings. The first-order chi connectivity index (χ1) is 8.15. The van der Waals surface area contributed by atoms with Crippen LogP contribution in [-0.4, -0.2) is 52.0 Å². The lowest BCUT2D eigenvalue weighted by atomic mass is 10.1. The Morgan fingerprint density at radius 3 is 3.06 bits per heavy atom. The van der Waals surface area contributed by atoms with Crippen molar-refractivity contribution in [1.82, 2.24) is 15.1 Å². The molecular formula is C10H15N3O4. The first-order valence-corrected chi connectivity index (χ1v) is 5.47. The van der Waals surface area contributed by atoms with E-state index in [9.17, 15) is 4.79 Å². The Balaban J connectivity index is 1.98. The Hall–Kier alpha value is -1.47. The Bertz CT molecular complexity index is 393. The van der Waals surface area contributed by atoms with E-state index in [1.54, 1.807) is 6.92 Å². The molecule has 1 unspecified atom stereocenters. The number of carboxylic acid groups (broad SMARTS) is 1. The largest absolute Gasteiger partial charge is 0.481 e. The van der Waals surface area contributed by atoms with Gasteiger partial charge in [0.25, 0.3) is 0 Å². The molecule has 0 aromatic carbocycles. The van der Waals surface area contributed by atoms with Crippen LogP contribution in [0, 0.1) is 6.92 Å². The van der Waals surface area contributed by atoms with Crippen LogP contribution in [0.15, 0.2) is 4.42 Å². The molecule has 1 saturated heterocycles. The summed E-state index contributed by atoms with van der Waals surface area (Å²) >= 11 is 0. The van der Waals surface area contributed by atoms with Crippen molar-refractivity contribution >= 4 is 5.97 Å². The van der Waals surface area contributed by atoms with Crippen LogP contribution in [0.5, 0.6) is 0 Å². The molecule has 17 heavy (non-hydrogen) atoms. The summed E-state index contributed by atoms with van der Waals surface area (Å²) in [5.74, 6) is 0.204. The standard InChI is InChI=1S/C10H15N3O4/c1-7-11-12-9(17-7)5-13-2-3-16-6-8(13)4-10(14)15/h8H,2-6H2,1H3,(H,14,15). The van der Waals surface area contributed by atoms with Gasteiger partial charge in [-0.15, -0.1) is 10.2 Å². The zero-order valence-electron chi connectivity index (χ0n) is 9.63. The number of aliphatic carboxylic acids is 1. The van der Waals surface area contributed by atoms with Gasteiger partial charge in [0.2, 0.25) is 11.8 Å². The molecule has 1 aliphatic rings. The average molecular weight is 241 g/mol. The van der Waals surface area contributed by atoms with Gasteiger partial charge in [0.05, 0.1) is 26.2 Å². The van der Waals surface area contributed by atoms with Crippen molar-refractivity contribution in [3.63, 3.8) is 0 Å². The van der Waals surface area contributed by atoms with Crippen LogP contribution in [0.4, 0.5) is 0 Å². The molecule has 2 heterocycles. The SMILES string of the molecule is Cc1nnc(CN2CCOCC2CC(=O)O)o1. The van der Waals surface area contributed by atoms with Crippen LogP contribution < -0.4 is 0 Å². The van der Waals surface area contributed by atoms with Gasteiger partial charge >= 0.3 is 5.97 Å². The number of nitrogens with zero attached hydrogens (tertiary/aromatic N) is 3. The van der Waals surface area contributed by atoms with E-state index in [1.807, 2.05) is 4.90 Å². The molecule has 0 bridgehead atoms. The molecular weight excluding hydrogens is 226 g/mol. The molecule has 0 radical (unpaired) electrons. The third kappa shape index (κ3) is 3.24. The van der Waals surface area contributed by atoms with Crippen molar-refractivity contribution in [1.29, 1.82) is 0 Å². The minimum atomic E-state index is -0.827. The number of morpholine rings is 1. The summed E-state index contributed by atoms with van der Waals surface area (Å²) in [5.41, 5.74) is 0. The van der Waals surface area contributed by atoms with E-state index in [2.05, 4.69) is 10.2 Å². The van der Waals surface area contributed by atoms with E-state index >= 15 is 0 Å². The Morgan fingerprint density at radius 1 is 1.59 bits per heavy atom. The predicted octanol–water partition coefficient (Wildman–Crippen LogP) is 0.0535. The van der Waals surface area contributed by atoms with E-state index in [4.69, 9.17) is 14.3 Å². The second-order valence-electron chi connectivity index (χ2n) is 4.01. The van der Waals surface area contributed by atoms with Gasteiger partial charge in [-0.3, -0.25) is 9.69 Å². The Labute approximate surface area is 98.4 Å². The highest BCUT2D eigenvalue weighted by atomic mass is 16.5. The van der Waals surface area contributed by atoms with Gasteiger partial charge in [-0.25, -0.2) is 0 Å². The van der Waals surface area contributed by atoms with Gasteiger partial charge in [-0.1, -0.05) is 0 Å². The fraction of sp³-hybridized carbons (Fsp3) is 0.700. The van der Waals surface area contributed by atoms with Gasteiger partial charge in [0.1, 0.15) is 0 Å². The third-order valence-corrected chi connectivity index (χ3v) is 2.67. The summed E-state index contributed by atoms with van der Waals surface area (Å²) in [6, 6.07) is -0.131. The quantitative estimate of drug-likeness (QED) is 0.796. The summed E-state index contributed by atoms with van der Waals surface area (Å²) < 4.78 is 10.6. The van der Waals surface area contributed by atoms with Crippen molar-refractivity contribution in [3.8, 4) is 0 Å². The lowest BCUT2D eigenvalue weighted by Crippen LogP contribution is -2.45. The molecule has 2 rings (SSSR count). The second kappa shape index (κ2) is 5.24. The summed E-state index contributed by atoms with van der Waals surface area (Å²) in [7, 11) is 0. The van der Waals surface area contributed by atoms with Crippen molar-refractivity contribution in [3.05, 3.63) is 11.8 Å². The topological polar surface area (TPSA) is 88.7 Å². The Morgan fingerprint density at radius 2 is 2.41 bits per heavy atom. The molecule has 0 saturated carbocycles. The van der Waals surface area contributed by atoms with Crippen molar-refractivity contribution in [2.75, 3.05) is 19.8 Å². The maximum atomic E-state index is 10.7. The van der Waals surface area contributed by atoms with Crippen LogP contribution in [-0.2, 0) is 16.1 Å². The fourth-order valence-corrected chi connectivity index (χ4v) is 1.86. The molecule has 94 valence electrons. The summed E-state index contributed by atoms with van der Waals surface area (Å²) in [6.45, 7) is 3.91. The highest BCUT2D eigenvalue weighted by molar-refractivity contribution is 5.67. The minimum absolute atomic E-state index is 0.0626. The van der Waals surface area contributed by atoms with Crippen LogP contribution in [0.3, 0.4) is 0 Å². The van der Waals surface area contributed by atoms with E-state index in [0.29, 0.717) is 38.1 Å². The number of carbonyl (C=O) groups is 1. The number of ether oxygens (including phenoxy) is 1. The number of carboxylic acids is 1. The molecule has 1 aromatic heterocycles. The molecule has 0 aliphatic carbocycles. The summed E-state index contributed by atoms with van der Waals surface area (Å²) in [4.78, 5) is 12.7. The third-order valence-electron chi connectivity index (χ3n) is 2.67. The first-order valence-electron chi connectivity index (χ1n) is 5.47. The normalized spacial score (nSPS) is 21.6. The fourth-order valence-electron chi connectivity index (χ4n) is 1.86. The van der Waals surface area contributed by atoms with Crippen molar-refractivity contribution in [2.24, 2.45) is 0 Å². The van der Waals surface area contributed by atoms with Crippen molar-refractivity contribution in [2.45, 2.75) is 25.9 Å². The zero-order chi connectivity index (χ0) is 12.3. The van der Waals surface area contributed by atoms with Gasteiger partial charge in [-0.05, 0) is 0 Å². The molecule has 1 fully saturated rings. The average Bonchev–Trinajstić information content (AvgIpc) is 2.66. The maximum absolute atomic E-state index is 10.7. The second-order valence-corrected chi connectivity index (χ2v) is 4.01. The summed E-state index contributed by atoms with van der Waals surface area (Å²) in [6.07, 6.45) is 0.0626. The highest BCUT2D eigenvalue weighted by Gasteiger charge is 2.26. The van der Waals surface area contributed by atoms with Crippen LogP contribution >= 0.6 is 0 Å². The van der Waals surface area contributed by atoms with Gasteiger partial charge in [-0.2, -0.15) is 0 Å². The molecule has 1 aliphatic heterocycles. The zero-order valence-corrected chi connectivity index (χ0v) is 9.63. The molecule has 1 N–H and O–H groups in total. The Kier molecular flexibility index (Phi) is 3.70. The lowest BCUT2D eigenvalue weighted by molar-refractivity contribution is -0.140. The van der Waals surface area contributed by atoms with Gasteiger partial charge in [0.15, 0.2) is 0 Å². The summed E-state index contributed by atoms with van der Waals surface area (Å²) in [5, 5.41) is 16.5. The van der Waals surface area contributed by atoms with Crippen molar-refractivity contribution < 1.29 is 19.1 Å². The van der Waals surface area contributed by atoms with Gasteiger partial charge < -0.3 is 14.3 Å². The van der Waals surface area contributed by atoms with E-state index in [0.717, 1.165) is 0 Å². The van der Waals surface area contributed by atoms with Gasteiger partial charge in [0, 0.05) is 19.5 Å². The van der Waals surface area contributed by atoms with Crippen LogP contribution in [0.25, 0.3) is 0 Å². The molecule has 0 spiro atoms. The molecule has 7 nitrogen and oxygen atoms in total. The predicted molar refractivity (Wildman–Crippen MR) is 56.3 cm³/mol. The smallest absolute Gasteiger partial charge is 0.305 e. The van der Waals surface area contributed by atoms with Crippen LogP contribution in [0.1, 0.15) is 18.2 Å². The molecule has 1 atom stereocenters. The van der Waals surface area contributed by atoms with Crippen LogP contribution in [0.2, 0.25) is 0 Å². The first kappa shape index (κ1) is 12.0. The van der Waals surface area contributed by atoms with E-state index < -0.39 is 5.97 Å². The molecule has 7 heteroatoms. The van der Waals surface area contributed by atoms with E-state index in [1.165, 1.54) is 0 Å². The number of rotatable bonds is 4. The number of aryl methyl sites for hydroxylation is 1. The van der Waals surface area contributed by atoms with E-state index in [-0.39, 0.29) is 12.5 Å². The number of hydrogen-bond donors (Lipinski definition) is 1. The number of aromatic nitrogens is 2. The highest BCUT2D eigenvalue weighted by Crippen LogP contribution is 2.14. The minimum Gasteiger partial charge on any atom is -0.481 e. The molecule has 0 amide bonds. The monoisotopic (exact) mass is 241 g/mol. The lowest BCUT2D eigenvalue weighted by Gasteiger charge is -2.33. The maximum Gasteiger partial charge on any atom is 0.305 e.